The number of fused-ring (bicyclic) bond motifs is 1. The molecule has 5 nitrogen and oxygen atoms in total. The highest BCUT2D eigenvalue weighted by atomic mass is 35.5. The van der Waals surface area contributed by atoms with Crippen molar-refractivity contribution in [3.63, 3.8) is 0 Å². The van der Waals surface area contributed by atoms with Gasteiger partial charge in [-0.05, 0) is 53.1 Å². The molecule has 1 aromatic heterocycles. The number of carbonyl (C=O) groups excluding carboxylic acids is 2. The van der Waals surface area contributed by atoms with Crippen molar-refractivity contribution in [3.8, 4) is 0 Å². The molecule has 178 valence electrons. The topological polar surface area (TPSA) is 49.9 Å². The van der Waals surface area contributed by atoms with E-state index in [1.807, 2.05) is 59.5 Å². The Balaban J connectivity index is 1.55. The van der Waals surface area contributed by atoms with Crippen LogP contribution in [0.25, 0.3) is 0 Å². The molecule has 0 spiro atoms. The molecule has 1 atom stereocenters. The number of methoxy groups -OCH3 is 1. The fraction of sp³-hybridized carbons (Fsp3) is 0.333. The van der Waals surface area contributed by atoms with Gasteiger partial charge in [-0.3, -0.25) is 9.59 Å². The van der Waals surface area contributed by atoms with Gasteiger partial charge in [0.15, 0.2) is 0 Å². The van der Waals surface area contributed by atoms with E-state index in [0.717, 1.165) is 23.1 Å². The predicted octanol–water partition coefficient (Wildman–Crippen LogP) is 4.98. The minimum atomic E-state index is -0.176. The number of halogens is 1. The van der Waals surface area contributed by atoms with E-state index < -0.39 is 0 Å². The summed E-state index contributed by atoms with van der Waals surface area (Å²) in [4.78, 5) is 31.7. The lowest BCUT2D eigenvalue weighted by Gasteiger charge is -2.37. The first-order valence-corrected chi connectivity index (χ1v) is 12.7. The quantitative estimate of drug-likeness (QED) is 0.392. The first-order chi connectivity index (χ1) is 16.6. The number of ether oxygens (including phenoxy) is 1. The summed E-state index contributed by atoms with van der Waals surface area (Å²) in [6.45, 7) is 1.70. The minimum Gasteiger partial charge on any atom is -0.385 e. The Morgan fingerprint density at radius 1 is 1.12 bits per heavy atom. The summed E-state index contributed by atoms with van der Waals surface area (Å²) in [5.41, 5.74) is 3.13. The molecule has 1 aliphatic rings. The van der Waals surface area contributed by atoms with Crippen molar-refractivity contribution >= 4 is 34.8 Å². The number of amides is 2. The SMILES string of the molecule is COCCCN(CC(=O)N1CCc2sccc2C1c1ccc(Cl)cc1)C(=O)Cc1ccccc1. The maximum Gasteiger partial charge on any atom is 0.242 e. The van der Waals surface area contributed by atoms with Crippen molar-refractivity contribution < 1.29 is 14.3 Å². The van der Waals surface area contributed by atoms with Crippen molar-refractivity contribution in [2.45, 2.75) is 25.3 Å². The normalized spacial score (nSPS) is 15.1. The lowest BCUT2D eigenvalue weighted by molar-refractivity contribution is -0.141. The van der Waals surface area contributed by atoms with Crippen LogP contribution in [0.5, 0.6) is 0 Å². The first kappa shape index (κ1) is 24.5. The highest BCUT2D eigenvalue weighted by Crippen LogP contribution is 2.38. The average Bonchev–Trinajstić information content (AvgIpc) is 3.33. The molecule has 1 aliphatic heterocycles. The minimum absolute atomic E-state index is 0.0457. The summed E-state index contributed by atoms with van der Waals surface area (Å²) in [7, 11) is 1.64. The van der Waals surface area contributed by atoms with Gasteiger partial charge in [-0.25, -0.2) is 0 Å². The molecule has 7 heteroatoms. The Labute approximate surface area is 209 Å². The van der Waals surface area contributed by atoms with Gasteiger partial charge < -0.3 is 14.5 Å². The highest BCUT2D eigenvalue weighted by molar-refractivity contribution is 7.10. The summed E-state index contributed by atoms with van der Waals surface area (Å²) >= 11 is 7.86. The summed E-state index contributed by atoms with van der Waals surface area (Å²) in [6.07, 6.45) is 1.78. The molecule has 3 aromatic rings. The summed E-state index contributed by atoms with van der Waals surface area (Å²) in [6, 6.07) is 19.3. The van der Waals surface area contributed by atoms with Crippen LogP contribution < -0.4 is 0 Å². The zero-order chi connectivity index (χ0) is 23.9. The van der Waals surface area contributed by atoms with Crippen LogP contribution in [0.2, 0.25) is 5.02 Å². The molecule has 0 saturated carbocycles. The summed E-state index contributed by atoms with van der Waals surface area (Å²) in [5, 5.41) is 2.75. The van der Waals surface area contributed by atoms with Crippen molar-refractivity contribution in [2.75, 3.05) is 33.4 Å². The highest BCUT2D eigenvalue weighted by Gasteiger charge is 2.33. The van der Waals surface area contributed by atoms with Gasteiger partial charge in [-0.2, -0.15) is 0 Å². The van der Waals surface area contributed by atoms with Gasteiger partial charge in [-0.1, -0.05) is 54.1 Å². The zero-order valence-corrected chi connectivity index (χ0v) is 20.9. The van der Waals surface area contributed by atoms with Crippen LogP contribution >= 0.6 is 22.9 Å². The molecule has 0 fully saturated rings. The molecule has 2 aromatic carbocycles. The van der Waals surface area contributed by atoms with Crippen LogP contribution in [0.1, 0.15) is 34.0 Å². The smallest absolute Gasteiger partial charge is 0.242 e. The molecular weight excluding hydrogens is 468 g/mol. The Bertz CT molecular complexity index is 1100. The largest absolute Gasteiger partial charge is 0.385 e. The van der Waals surface area contributed by atoms with E-state index in [0.29, 0.717) is 31.1 Å². The van der Waals surface area contributed by atoms with Gasteiger partial charge in [0.1, 0.15) is 0 Å². The molecule has 0 radical (unpaired) electrons. The fourth-order valence-corrected chi connectivity index (χ4v) is 5.45. The van der Waals surface area contributed by atoms with Crippen LogP contribution in [0.15, 0.2) is 66.0 Å². The summed E-state index contributed by atoms with van der Waals surface area (Å²) < 4.78 is 5.18. The fourth-order valence-electron chi connectivity index (χ4n) is 4.42. The molecule has 2 heterocycles. The van der Waals surface area contributed by atoms with Gasteiger partial charge >= 0.3 is 0 Å². The number of hydrogen-bond acceptors (Lipinski definition) is 4. The average molecular weight is 497 g/mol. The molecule has 0 bridgehead atoms. The molecule has 1 unspecified atom stereocenters. The van der Waals surface area contributed by atoms with Crippen LogP contribution in [0.3, 0.4) is 0 Å². The van der Waals surface area contributed by atoms with Crippen molar-refractivity contribution in [1.29, 1.82) is 0 Å². The number of thiophene rings is 1. The number of carbonyl (C=O) groups is 2. The van der Waals surface area contributed by atoms with Crippen molar-refractivity contribution in [1.82, 2.24) is 9.80 Å². The molecule has 34 heavy (non-hydrogen) atoms. The van der Waals surface area contributed by atoms with Crippen molar-refractivity contribution in [3.05, 3.63) is 92.6 Å². The van der Waals surface area contributed by atoms with E-state index in [1.54, 1.807) is 23.3 Å². The molecule has 0 saturated heterocycles. The molecule has 4 rings (SSSR count). The molecular formula is C27H29ClN2O3S. The third-order valence-electron chi connectivity index (χ3n) is 6.13. The van der Waals surface area contributed by atoms with E-state index in [4.69, 9.17) is 16.3 Å². The van der Waals surface area contributed by atoms with Gasteiger partial charge in [0, 0.05) is 36.7 Å². The van der Waals surface area contributed by atoms with Crippen LogP contribution in [0, 0.1) is 0 Å². The third-order valence-corrected chi connectivity index (χ3v) is 7.37. The van der Waals surface area contributed by atoms with E-state index in [2.05, 4.69) is 11.4 Å². The third kappa shape index (κ3) is 5.87. The van der Waals surface area contributed by atoms with Gasteiger partial charge in [0.25, 0.3) is 0 Å². The van der Waals surface area contributed by atoms with E-state index in [9.17, 15) is 9.59 Å². The summed E-state index contributed by atoms with van der Waals surface area (Å²) in [5.74, 6) is -0.0949. The first-order valence-electron chi connectivity index (χ1n) is 11.5. The second-order valence-electron chi connectivity index (χ2n) is 8.41. The maximum absolute atomic E-state index is 13.7. The van der Waals surface area contributed by atoms with Crippen LogP contribution in [0.4, 0.5) is 0 Å². The molecule has 0 N–H and O–H groups in total. The molecule has 2 amide bonds. The second-order valence-corrected chi connectivity index (χ2v) is 9.85. The van der Waals surface area contributed by atoms with E-state index in [-0.39, 0.29) is 30.8 Å². The molecule has 0 aliphatic carbocycles. The second kappa shape index (κ2) is 11.6. The van der Waals surface area contributed by atoms with E-state index >= 15 is 0 Å². The Hall–Kier alpha value is -2.67. The number of rotatable bonds is 9. The number of hydrogen-bond donors (Lipinski definition) is 0. The van der Waals surface area contributed by atoms with Gasteiger partial charge in [-0.15, -0.1) is 11.3 Å². The van der Waals surface area contributed by atoms with Crippen LogP contribution in [-0.2, 0) is 27.2 Å². The van der Waals surface area contributed by atoms with Gasteiger partial charge in [0.2, 0.25) is 11.8 Å². The Morgan fingerprint density at radius 2 is 1.88 bits per heavy atom. The van der Waals surface area contributed by atoms with Gasteiger partial charge in [0.05, 0.1) is 19.0 Å². The maximum atomic E-state index is 13.7. The monoisotopic (exact) mass is 496 g/mol. The lowest BCUT2D eigenvalue weighted by atomic mass is 9.93. The number of nitrogens with zero attached hydrogens (tertiary/aromatic N) is 2. The lowest BCUT2D eigenvalue weighted by Crippen LogP contribution is -2.47. The van der Waals surface area contributed by atoms with Crippen molar-refractivity contribution in [2.24, 2.45) is 0 Å². The number of benzene rings is 2. The predicted molar refractivity (Wildman–Crippen MR) is 136 cm³/mol. The standard InChI is InChI=1S/C27H29ClN2O3S/c1-33-16-5-14-29(25(31)18-20-6-3-2-4-7-20)19-26(32)30-15-12-24-23(13-17-34-24)27(30)21-8-10-22(28)11-9-21/h2-4,6-11,13,17,27H,5,12,14-16,18-19H2,1H3. The van der Waals surface area contributed by atoms with Crippen LogP contribution in [-0.4, -0.2) is 55.0 Å². The Kier molecular flexibility index (Phi) is 8.38. The Morgan fingerprint density at radius 3 is 2.62 bits per heavy atom. The van der Waals surface area contributed by atoms with E-state index in [1.165, 1.54) is 4.88 Å². The zero-order valence-electron chi connectivity index (χ0n) is 19.3.